The summed E-state index contributed by atoms with van der Waals surface area (Å²) < 4.78 is 8.62. The van der Waals surface area contributed by atoms with E-state index in [1.54, 1.807) is 0 Å². The molecule has 1 unspecified atom stereocenters. The van der Waals surface area contributed by atoms with Crippen molar-refractivity contribution in [1.82, 2.24) is 9.55 Å². The van der Waals surface area contributed by atoms with Gasteiger partial charge in [0, 0.05) is 5.69 Å². The van der Waals surface area contributed by atoms with Gasteiger partial charge in [0.2, 0.25) is 0 Å². The molecule has 4 aromatic rings. The van der Waals surface area contributed by atoms with Crippen molar-refractivity contribution in [3.05, 3.63) is 149 Å². The Morgan fingerprint density at radius 3 is 2.34 bits per heavy atom. The Bertz CT molecular complexity index is 1420. The van der Waals surface area contributed by atoms with E-state index in [1.165, 1.54) is 22.5 Å². The Hall–Kier alpha value is -4.20. The average molecular weight is 544 g/mol. The molecular formula is C37H41N3O. The van der Waals surface area contributed by atoms with E-state index in [2.05, 4.69) is 102 Å². The molecule has 0 saturated heterocycles. The van der Waals surface area contributed by atoms with Crippen LogP contribution in [-0.2, 0) is 29.7 Å². The van der Waals surface area contributed by atoms with Crippen molar-refractivity contribution < 1.29 is 4.74 Å². The Balaban J connectivity index is 0.00000189. The van der Waals surface area contributed by atoms with Crippen LogP contribution in [0.1, 0.15) is 67.3 Å². The lowest BCUT2D eigenvalue weighted by molar-refractivity contribution is 0.0811. The van der Waals surface area contributed by atoms with Gasteiger partial charge < -0.3 is 9.30 Å². The van der Waals surface area contributed by atoms with E-state index in [0.717, 1.165) is 31.2 Å². The van der Waals surface area contributed by atoms with Gasteiger partial charge in [0.05, 0.1) is 42.4 Å². The van der Waals surface area contributed by atoms with Crippen LogP contribution in [0.4, 0.5) is 0 Å². The maximum atomic E-state index is 9.19. The molecule has 1 heterocycles. The number of benzene rings is 3. The van der Waals surface area contributed by atoms with Crippen molar-refractivity contribution in [3.63, 3.8) is 0 Å². The average Bonchev–Trinajstić information content (AvgIpc) is 3.47. The lowest BCUT2D eigenvalue weighted by Crippen LogP contribution is -2.38. The van der Waals surface area contributed by atoms with Crippen LogP contribution in [0.25, 0.3) is 0 Å². The number of nitriles is 1. The largest absolute Gasteiger partial charge is 0.376 e. The van der Waals surface area contributed by atoms with Gasteiger partial charge in [0.15, 0.2) is 0 Å². The molecular weight excluding hydrogens is 502 g/mol. The normalized spacial score (nSPS) is 14.8. The minimum atomic E-state index is -0.415. The number of rotatable bonds is 10. The molecule has 1 aromatic heterocycles. The Morgan fingerprint density at radius 2 is 1.68 bits per heavy atom. The van der Waals surface area contributed by atoms with Gasteiger partial charge in [-0.2, -0.15) is 5.26 Å². The molecule has 0 radical (unpaired) electrons. The topological polar surface area (TPSA) is 50.8 Å². The van der Waals surface area contributed by atoms with Gasteiger partial charge in [-0.25, -0.2) is 4.98 Å². The molecule has 0 saturated carbocycles. The number of hydrogen-bond acceptors (Lipinski definition) is 3. The molecule has 0 fully saturated rings. The molecule has 4 nitrogen and oxygen atoms in total. The smallest absolute Gasteiger partial charge is 0.0995 e. The van der Waals surface area contributed by atoms with Crippen LogP contribution in [-0.4, -0.2) is 16.2 Å². The molecule has 0 aliphatic heterocycles. The fraction of sp³-hybridized carbons (Fsp3) is 0.297. The highest BCUT2D eigenvalue weighted by Gasteiger charge is 2.38. The number of imidazole rings is 1. The van der Waals surface area contributed by atoms with E-state index in [9.17, 15) is 5.26 Å². The number of nitrogens with zero attached hydrogens (tertiary/aromatic N) is 3. The number of allylic oxidation sites excluding steroid dienone is 4. The van der Waals surface area contributed by atoms with Crippen LogP contribution >= 0.6 is 0 Å². The van der Waals surface area contributed by atoms with Crippen LogP contribution in [0, 0.1) is 17.2 Å². The number of aryl methyl sites for hydroxylation is 1. The van der Waals surface area contributed by atoms with Crippen LogP contribution in [0.2, 0.25) is 0 Å². The summed E-state index contributed by atoms with van der Waals surface area (Å²) in [5.41, 5.74) is 6.28. The van der Waals surface area contributed by atoms with Crippen molar-refractivity contribution in [2.24, 2.45) is 5.92 Å². The quantitative estimate of drug-likeness (QED) is 0.189. The zero-order chi connectivity index (χ0) is 28.9. The lowest BCUT2D eigenvalue weighted by Gasteiger charge is -2.38. The molecule has 0 amide bonds. The summed E-state index contributed by atoms with van der Waals surface area (Å²) in [5.74, 6) is 0.412. The van der Waals surface area contributed by atoms with Gasteiger partial charge in [0.25, 0.3) is 0 Å². The Morgan fingerprint density at radius 1 is 0.976 bits per heavy atom. The summed E-state index contributed by atoms with van der Waals surface area (Å²) in [6.45, 7) is 7.25. The van der Waals surface area contributed by atoms with Gasteiger partial charge >= 0.3 is 0 Å². The van der Waals surface area contributed by atoms with E-state index in [4.69, 9.17) is 9.72 Å². The first kappa shape index (κ1) is 29.8. The minimum absolute atomic E-state index is 0.412. The molecule has 5 rings (SSSR count). The third-order valence-corrected chi connectivity index (χ3v) is 7.67. The predicted octanol–water partition coefficient (Wildman–Crippen LogP) is 8.42. The summed E-state index contributed by atoms with van der Waals surface area (Å²) >= 11 is 0. The maximum Gasteiger partial charge on any atom is 0.0995 e. The van der Waals surface area contributed by atoms with E-state index in [1.807, 2.05) is 45.0 Å². The highest BCUT2D eigenvalue weighted by Crippen LogP contribution is 2.41. The number of fused-ring (bicyclic) bond motifs is 1. The molecule has 1 atom stereocenters. The molecule has 1 aliphatic carbocycles. The molecule has 0 bridgehead atoms. The number of aromatic nitrogens is 2. The highest BCUT2D eigenvalue weighted by atomic mass is 16.5. The first-order valence-corrected chi connectivity index (χ1v) is 14.8. The third-order valence-electron chi connectivity index (χ3n) is 7.67. The summed E-state index contributed by atoms with van der Waals surface area (Å²) in [6, 6.07) is 31.5. The summed E-state index contributed by atoms with van der Waals surface area (Å²) in [7, 11) is 0. The van der Waals surface area contributed by atoms with Crippen LogP contribution in [0.15, 0.2) is 116 Å². The summed E-state index contributed by atoms with van der Waals surface area (Å²) in [6.07, 6.45) is 14.4. The van der Waals surface area contributed by atoms with Gasteiger partial charge in [-0.15, -0.1) is 0 Å². The molecule has 4 heteroatoms. The molecule has 0 spiro atoms. The van der Waals surface area contributed by atoms with E-state index in [0.29, 0.717) is 24.7 Å². The van der Waals surface area contributed by atoms with Crippen molar-refractivity contribution >= 4 is 0 Å². The zero-order valence-corrected chi connectivity index (χ0v) is 24.5. The summed E-state index contributed by atoms with van der Waals surface area (Å²) in [5, 5.41) is 9.19. The highest BCUT2D eigenvalue weighted by molar-refractivity contribution is 5.43. The fourth-order valence-electron chi connectivity index (χ4n) is 5.73. The van der Waals surface area contributed by atoms with E-state index < -0.39 is 5.54 Å². The van der Waals surface area contributed by atoms with Crippen molar-refractivity contribution in [3.8, 4) is 6.07 Å². The van der Waals surface area contributed by atoms with Gasteiger partial charge in [-0.05, 0) is 67.3 Å². The second kappa shape index (κ2) is 15.0. The van der Waals surface area contributed by atoms with Gasteiger partial charge in [-0.1, -0.05) is 111 Å². The van der Waals surface area contributed by atoms with Crippen LogP contribution < -0.4 is 0 Å². The fourth-order valence-corrected chi connectivity index (χ4v) is 5.73. The second-order valence-electron chi connectivity index (χ2n) is 10.2. The van der Waals surface area contributed by atoms with Crippen molar-refractivity contribution in [1.29, 1.82) is 5.26 Å². The SMILES string of the molecule is C/C=C\C=C/CC(c1ccccc1)(c1ccccc1)n1cnc2c1CC(COCc1cccc(C#N)c1)CC2.CC. The van der Waals surface area contributed by atoms with E-state index >= 15 is 0 Å². The Labute approximate surface area is 245 Å². The van der Waals surface area contributed by atoms with E-state index in [-0.39, 0.29) is 0 Å². The van der Waals surface area contributed by atoms with Gasteiger partial charge in [-0.3, -0.25) is 0 Å². The molecule has 210 valence electrons. The first-order valence-electron chi connectivity index (χ1n) is 14.8. The minimum Gasteiger partial charge on any atom is -0.376 e. The van der Waals surface area contributed by atoms with Crippen molar-refractivity contribution in [2.45, 2.75) is 58.6 Å². The molecule has 3 aromatic carbocycles. The predicted molar refractivity (Wildman–Crippen MR) is 168 cm³/mol. The molecule has 41 heavy (non-hydrogen) atoms. The first-order chi connectivity index (χ1) is 20.2. The van der Waals surface area contributed by atoms with Crippen molar-refractivity contribution in [2.75, 3.05) is 6.61 Å². The van der Waals surface area contributed by atoms with Gasteiger partial charge in [0.1, 0.15) is 0 Å². The maximum absolute atomic E-state index is 9.19. The summed E-state index contributed by atoms with van der Waals surface area (Å²) in [4.78, 5) is 4.95. The van der Waals surface area contributed by atoms with Crippen LogP contribution in [0.5, 0.6) is 0 Å². The monoisotopic (exact) mass is 543 g/mol. The lowest BCUT2D eigenvalue weighted by atomic mass is 9.78. The van der Waals surface area contributed by atoms with Crippen LogP contribution in [0.3, 0.4) is 0 Å². The standard InChI is InChI=1S/C35H35N3O.C2H6/c1-2-3-4-11-21-35(31-15-7-5-8-16-31,32-17-9-6-10-18-32)38-27-37-33-20-19-30(23-34(33)38)26-39-25-29-14-12-13-28(22-29)24-36;1-2/h2-18,22,27,30H,19-21,23,25-26H2,1H3;1-2H3/b3-2-,11-4-;. The number of ether oxygens (including phenoxy) is 1. The molecule has 0 N–H and O–H groups in total. The third kappa shape index (κ3) is 6.93. The Kier molecular flexibility index (Phi) is 10.9. The zero-order valence-electron chi connectivity index (χ0n) is 24.5. The number of hydrogen-bond donors (Lipinski definition) is 0. The molecule has 1 aliphatic rings. The second-order valence-corrected chi connectivity index (χ2v) is 10.2.